The Morgan fingerprint density at radius 1 is 1.12 bits per heavy atom. The summed E-state index contributed by atoms with van der Waals surface area (Å²) < 4.78 is 11.8. The first-order valence-electron chi connectivity index (χ1n) is 8.30. The highest BCUT2D eigenvalue weighted by Crippen LogP contribution is 2.44. The van der Waals surface area contributed by atoms with Crippen molar-refractivity contribution in [3.63, 3.8) is 0 Å². The third kappa shape index (κ3) is 3.54. The van der Waals surface area contributed by atoms with Crippen molar-refractivity contribution in [3.8, 4) is 0 Å². The molecule has 24 heavy (non-hydrogen) atoms. The van der Waals surface area contributed by atoms with E-state index >= 15 is 0 Å². The Hall–Kier alpha value is -1.66. The second-order valence-electron chi connectivity index (χ2n) is 7.70. The molecule has 6 heteroatoms. The van der Waals surface area contributed by atoms with Gasteiger partial charge in [0.1, 0.15) is 5.92 Å². The second-order valence-corrected chi connectivity index (χ2v) is 10.0. The molecule has 0 aliphatic carbocycles. The molecule has 1 aliphatic rings. The van der Waals surface area contributed by atoms with Gasteiger partial charge in [-0.15, -0.1) is 0 Å². The van der Waals surface area contributed by atoms with Gasteiger partial charge in [-0.2, -0.15) is 0 Å². The van der Waals surface area contributed by atoms with Crippen molar-refractivity contribution in [1.82, 2.24) is 5.32 Å². The van der Waals surface area contributed by atoms with Crippen molar-refractivity contribution >= 4 is 20.9 Å². The van der Waals surface area contributed by atoms with E-state index in [-0.39, 0.29) is 11.3 Å². The normalized spacial score (nSPS) is 23.2. The van der Waals surface area contributed by atoms with Gasteiger partial charge in [0, 0.05) is 0 Å². The van der Waals surface area contributed by atoms with Crippen molar-refractivity contribution in [2.45, 2.75) is 52.6 Å². The number of hydrogen-bond donors (Lipinski definition) is 1. The number of amides is 1. The minimum atomic E-state index is -1.40. The van der Waals surface area contributed by atoms with Crippen LogP contribution < -0.4 is 5.32 Å². The average molecular weight is 350 g/mol. The van der Waals surface area contributed by atoms with Crippen molar-refractivity contribution < 1.29 is 18.8 Å². The number of benzene rings is 1. The lowest BCUT2D eigenvalue weighted by atomic mass is 9.67. The number of carbonyl (C=O) groups is 2. The molecule has 2 unspecified atom stereocenters. The van der Waals surface area contributed by atoms with Crippen LogP contribution in [-0.4, -0.2) is 32.7 Å². The van der Waals surface area contributed by atoms with Gasteiger partial charge < -0.3 is 14.5 Å². The highest BCUT2D eigenvalue weighted by Gasteiger charge is 2.59. The van der Waals surface area contributed by atoms with E-state index < -0.39 is 32.8 Å². The fraction of sp³-hybridized carbons (Fsp3) is 0.556. The van der Waals surface area contributed by atoms with Crippen LogP contribution in [0.5, 0.6) is 0 Å². The van der Waals surface area contributed by atoms with E-state index in [4.69, 9.17) is 9.16 Å². The van der Waals surface area contributed by atoms with Gasteiger partial charge in [-0.1, -0.05) is 39.0 Å². The zero-order chi connectivity index (χ0) is 18.1. The van der Waals surface area contributed by atoms with Gasteiger partial charge in [-0.05, 0) is 37.6 Å². The van der Waals surface area contributed by atoms with Crippen molar-refractivity contribution in [1.29, 1.82) is 0 Å². The van der Waals surface area contributed by atoms with E-state index in [1.807, 2.05) is 33.8 Å². The number of esters is 1. The first-order valence-corrected chi connectivity index (χ1v) is 11.1. The van der Waals surface area contributed by atoms with Crippen LogP contribution in [0.15, 0.2) is 30.3 Å². The lowest BCUT2D eigenvalue weighted by Crippen LogP contribution is -2.71. The molecule has 5 nitrogen and oxygen atoms in total. The molecule has 0 saturated carbocycles. The molecule has 0 radical (unpaired) electrons. The van der Waals surface area contributed by atoms with E-state index in [2.05, 4.69) is 18.4 Å². The Morgan fingerprint density at radius 3 is 2.17 bits per heavy atom. The molecular formula is C18H27NO4Si. The Balaban J connectivity index is 2.21. The maximum atomic E-state index is 12.3. The molecule has 0 bridgehead atoms. The largest absolute Gasteiger partial charge is 0.437 e. The van der Waals surface area contributed by atoms with Gasteiger partial charge in [0.2, 0.25) is 5.91 Å². The van der Waals surface area contributed by atoms with Crippen molar-refractivity contribution in [2.75, 3.05) is 0 Å². The van der Waals surface area contributed by atoms with Gasteiger partial charge >= 0.3 is 5.97 Å². The fourth-order valence-corrected chi connectivity index (χ4v) is 4.43. The van der Waals surface area contributed by atoms with Gasteiger partial charge in [0.05, 0.1) is 11.2 Å². The lowest BCUT2D eigenvalue weighted by molar-refractivity contribution is -0.180. The molecule has 1 saturated heterocycles. The summed E-state index contributed by atoms with van der Waals surface area (Å²) in [6.07, 6.45) is -0.665. The van der Waals surface area contributed by atoms with Crippen LogP contribution in [0.25, 0.3) is 0 Å². The van der Waals surface area contributed by atoms with Crippen LogP contribution in [0.3, 0.4) is 0 Å². The smallest absolute Gasteiger partial charge is 0.340 e. The number of β-lactam (4-membered cyclic amide) rings is 1. The molecule has 1 aromatic rings. The van der Waals surface area contributed by atoms with Crippen LogP contribution in [0.4, 0.5) is 0 Å². The summed E-state index contributed by atoms with van der Waals surface area (Å²) in [6, 6.07) is 8.78. The van der Waals surface area contributed by atoms with Crippen LogP contribution in [-0.2, 0) is 14.0 Å². The van der Waals surface area contributed by atoms with E-state index in [1.165, 1.54) is 0 Å². The van der Waals surface area contributed by atoms with Crippen LogP contribution in [0.1, 0.15) is 38.1 Å². The zero-order valence-corrected chi connectivity index (χ0v) is 16.4. The number of hydrogen-bond acceptors (Lipinski definition) is 4. The fourth-order valence-electron chi connectivity index (χ4n) is 2.95. The standard InChI is InChI=1S/C18H27NO4Si/c1-17(2,3)18(4,23-24(5)6)13-14(20)19-15(13)22-16(21)12-10-8-7-9-11-12/h7-11,13,15,24H,1-6H3,(H,19,20)/t13?,15?,18-/m0/s1. The molecule has 1 heterocycles. The molecule has 3 atom stereocenters. The quantitative estimate of drug-likeness (QED) is 0.504. The predicted molar refractivity (Wildman–Crippen MR) is 95.1 cm³/mol. The molecule has 1 aliphatic heterocycles. The van der Waals surface area contributed by atoms with Gasteiger partial charge in [-0.25, -0.2) is 4.79 Å². The topological polar surface area (TPSA) is 64.6 Å². The van der Waals surface area contributed by atoms with Crippen LogP contribution in [0, 0.1) is 11.3 Å². The summed E-state index contributed by atoms with van der Waals surface area (Å²) in [5.74, 6) is -1.09. The molecule has 0 aromatic heterocycles. The van der Waals surface area contributed by atoms with Crippen molar-refractivity contribution in [3.05, 3.63) is 35.9 Å². The summed E-state index contributed by atoms with van der Waals surface area (Å²) in [7, 11) is -1.40. The van der Waals surface area contributed by atoms with Gasteiger partial charge in [-0.3, -0.25) is 4.79 Å². The molecule has 1 N–H and O–H groups in total. The first kappa shape index (κ1) is 18.7. The molecule has 1 aromatic carbocycles. The lowest BCUT2D eigenvalue weighted by Gasteiger charge is -2.53. The molecule has 1 fully saturated rings. The number of nitrogens with one attached hydrogen (secondary N) is 1. The summed E-state index contributed by atoms with van der Waals surface area (Å²) in [4.78, 5) is 24.6. The Bertz CT molecular complexity index is 611. The van der Waals surface area contributed by atoms with Gasteiger partial charge in [0.25, 0.3) is 0 Å². The SMILES string of the molecule is C[SiH](C)O[C@@](C)(C1C(=O)NC1OC(=O)c1ccccc1)C(C)(C)C. The highest BCUT2D eigenvalue weighted by molar-refractivity contribution is 6.48. The van der Waals surface area contributed by atoms with Crippen LogP contribution >= 0.6 is 0 Å². The van der Waals surface area contributed by atoms with E-state index in [9.17, 15) is 9.59 Å². The van der Waals surface area contributed by atoms with E-state index in [0.29, 0.717) is 5.56 Å². The minimum Gasteiger partial charge on any atom is -0.437 e. The Labute approximate surface area is 145 Å². The van der Waals surface area contributed by atoms with Gasteiger partial charge in [0.15, 0.2) is 15.3 Å². The Morgan fingerprint density at radius 2 is 1.71 bits per heavy atom. The average Bonchev–Trinajstić information content (AvgIpc) is 2.45. The molecule has 1 amide bonds. The molecule has 132 valence electrons. The number of carbonyl (C=O) groups excluding carboxylic acids is 2. The highest BCUT2D eigenvalue weighted by atomic mass is 28.3. The minimum absolute atomic E-state index is 0.132. The molecular weight excluding hydrogens is 322 g/mol. The second kappa shape index (κ2) is 6.68. The summed E-state index contributed by atoms with van der Waals surface area (Å²) in [5, 5.41) is 2.70. The van der Waals surface area contributed by atoms with E-state index in [0.717, 1.165) is 0 Å². The Kier molecular flexibility index (Phi) is 5.20. The zero-order valence-electron chi connectivity index (χ0n) is 15.3. The number of rotatable bonds is 5. The molecule has 2 rings (SSSR count). The maximum absolute atomic E-state index is 12.3. The van der Waals surface area contributed by atoms with Crippen LogP contribution in [0.2, 0.25) is 13.1 Å². The molecule has 0 spiro atoms. The summed E-state index contributed by atoms with van der Waals surface area (Å²) in [5.41, 5.74) is -0.504. The maximum Gasteiger partial charge on any atom is 0.340 e. The number of ether oxygens (including phenoxy) is 1. The summed E-state index contributed by atoms with van der Waals surface area (Å²) in [6.45, 7) is 12.2. The third-order valence-electron chi connectivity index (χ3n) is 4.68. The summed E-state index contributed by atoms with van der Waals surface area (Å²) >= 11 is 0. The first-order chi connectivity index (χ1) is 11.1. The predicted octanol–water partition coefficient (Wildman–Crippen LogP) is 2.72. The monoisotopic (exact) mass is 349 g/mol. The van der Waals surface area contributed by atoms with E-state index in [1.54, 1.807) is 24.3 Å². The third-order valence-corrected chi connectivity index (χ3v) is 5.64. The van der Waals surface area contributed by atoms with Crippen molar-refractivity contribution in [2.24, 2.45) is 11.3 Å².